The number of halogens is 2. The first-order chi connectivity index (χ1) is 5.00. The van der Waals surface area contributed by atoms with Gasteiger partial charge in [0, 0.05) is 0 Å². The van der Waals surface area contributed by atoms with Crippen molar-refractivity contribution < 1.29 is 59.8 Å². The third-order valence-electron chi connectivity index (χ3n) is 1.17. The van der Waals surface area contributed by atoms with E-state index in [9.17, 15) is 0 Å². The van der Waals surface area contributed by atoms with Gasteiger partial charge < -0.3 is 34.0 Å². The summed E-state index contributed by atoms with van der Waals surface area (Å²) in [4.78, 5) is 0. The predicted octanol–water partition coefficient (Wildman–Crippen LogP) is -3.38. The number of rotatable bonds is 0. The second kappa shape index (κ2) is 15.3. The van der Waals surface area contributed by atoms with Gasteiger partial charge in [0.2, 0.25) is 0 Å². The van der Waals surface area contributed by atoms with Crippen molar-refractivity contribution in [1.82, 2.24) is 0 Å². The minimum Gasteiger partial charge on any atom is -1.00 e. The Labute approximate surface area is 120 Å². The smallest absolute Gasteiger partial charge is 1.00 e. The molecule has 0 nitrogen and oxygen atoms in total. The summed E-state index contributed by atoms with van der Waals surface area (Å²) in [6.45, 7) is 0. The maximum Gasteiger partial charge on any atom is 4.00 e. The molecule has 2 aliphatic rings. The Bertz CT molecular complexity index is 151. The molecular formula is C10H10Br2Hf. The second-order valence-corrected chi connectivity index (χ2v) is 2.01. The van der Waals surface area contributed by atoms with E-state index >= 15 is 0 Å². The molecule has 0 aromatic rings. The van der Waals surface area contributed by atoms with Gasteiger partial charge in [-0.3, -0.25) is 12.2 Å². The van der Waals surface area contributed by atoms with E-state index in [0.717, 1.165) is 12.8 Å². The average molecular weight is 468 g/mol. The Morgan fingerprint density at radius 1 is 0.769 bits per heavy atom. The molecule has 0 spiro atoms. The first-order valence-electron chi connectivity index (χ1n) is 3.43. The number of allylic oxidation sites excluding steroid dienone is 8. The van der Waals surface area contributed by atoms with E-state index in [1.807, 2.05) is 24.3 Å². The summed E-state index contributed by atoms with van der Waals surface area (Å²) in [7, 11) is 0. The Balaban J connectivity index is -0.000000125. The van der Waals surface area contributed by atoms with Gasteiger partial charge in [-0.1, -0.05) is 0 Å². The van der Waals surface area contributed by atoms with Crippen LogP contribution in [0.5, 0.6) is 0 Å². The van der Waals surface area contributed by atoms with Crippen molar-refractivity contribution in [3.63, 3.8) is 0 Å². The summed E-state index contributed by atoms with van der Waals surface area (Å²) in [5.74, 6) is 0. The molecule has 2 aliphatic carbocycles. The Morgan fingerprint density at radius 2 is 1.15 bits per heavy atom. The molecule has 0 saturated heterocycles. The summed E-state index contributed by atoms with van der Waals surface area (Å²) in [5, 5.41) is 0. The van der Waals surface area contributed by atoms with Crippen molar-refractivity contribution in [1.29, 1.82) is 0 Å². The van der Waals surface area contributed by atoms with Gasteiger partial charge in [-0.05, 0) is 0 Å². The molecule has 0 unspecified atom stereocenters. The fraction of sp³-hybridized carbons (Fsp3) is 0.200. The van der Waals surface area contributed by atoms with Crippen LogP contribution in [0, 0.1) is 12.2 Å². The van der Waals surface area contributed by atoms with Crippen LogP contribution in [0.25, 0.3) is 0 Å². The molecule has 0 aromatic heterocycles. The van der Waals surface area contributed by atoms with Crippen LogP contribution in [-0.4, -0.2) is 0 Å². The van der Waals surface area contributed by atoms with E-state index in [4.69, 9.17) is 0 Å². The van der Waals surface area contributed by atoms with E-state index in [-0.39, 0.29) is 59.8 Å². The third kappa shape index (κ3) is 12.8. The van der Waals surface area contributed by atoms with Crippen molar-refractivity contribution in [3.8, 4) is 0 Å². The zero-order chi connectivity index (χ0) is 7.07. The van der Waals surface area contributed by atoms with Gasteiger partial charge in [0.15, 0.2) is 0 Å². The molecule has 0 fully saturated rings. The van der Waals surface area contributed by atoms with E-state index in [1.54, 1.807) is 0 Å². The van der Waals surface area contributed by atoms with Gasteiger partial charge in [0.25, 0.3) is 0 Å². The molecule has 68 valence electrons. The maximum atomic E-state index is 2.99. The third-order valence-corrected chi connectivity index (χ3v) is 1.17. The minimum absolute atomic E-state index is 0. The van der Waals surface area contributed by atoms with E-state index in [1.165, 1.54) is 0 Å². The molecule has 0 N–H and O–H groups in total. The molecule has 0 aliphatic heterocycles. The monoisotopic (exact) mass is 468 g/mol. The van der Waals surface area contributed by atoms with Crippen LogP contribution >= 0.6 is 0 Å². The average Bonchev–Trinajstić information content (AvgIpc) is 2.67. The van der Waals surface area contributed by atoms with Crippen molar-refractivity contribution in [2.24, 2.45) is 0 Å². The molecule has 2 rings (SSSR count). The van der Waals surface area contributed by atoms with Crippen LogP contribution in [0.4, 0.5) is 0 Å². The molecule has 0 bridgehead atoms. The van der Waals surface area contributed by atoms with Gasteiger partial charge in [-0.2, -0.15) is 12.2 Å². The fourth-order valence-electron chi connectivity index (χ4n) is 0.680. The molecule has 3 heteroatoms. The van der Waals surface area contributed by atoms with Crippen LogP contribution in [-0.2, 0) is 25.8 Å². The van der Waals surface area contributed by atoms with Gasteiger partial charge in [0.1, 0.15) is 0 Å². The van der Waals surface area contributed by atoms with Crippen molar-refractivity contribution in [2.45, 2.75) is 12.8 Å². The predicted molar refractivity (Wildman–Crippen MR) is 43.1 cm³/mol. The first-order valence-corrected chi connectivity index (χ1v) is 3.43. The van der Waals surface area contributed by atoms with Gasteiger partial charge in [-0.25, -0.2) is 24.3 Å². The topological polar surface area (TPSA) is 0 Å². The molecule has 13 heavy (non-hydrogen) atoms. The van der Waals surface area contributed by atoms with Crippen LogP contribution in [0.1, 0.15) is 12.8 Å². The van der Waals surface area contributed by atoms with E-state index in [2.05, 4.69) is 24.3 Å². The zero-order valence-corrected chi connectivity index (χ0v) is 13.9. The Kier molecular flexibility index (Phi) is 22.8. The van der Waals surface area contributed by atoms with Crippen molar-refractivity contribution in [2.75, 3.05) is 0 Å². The van der Waals surface area contributed by atoms with E-state index in [0.29, 0.717) is 0 Å². The summed E-state index contributed by atoms with van der Waals surface area (Å²) in [6, 6.07) is 0. The molecule has 0 saturated carbocycles. The standard InChI is InChI=1S/2C5H5.2BrH.Hf/c2*1-2-4-5-3-1;;;/h2*1-3H,4H2;2*1H;/q2*-1;;;+4/p-2. The first kappa shape index (κ1) is 19.4. The zero-order valence-electron chi connectivity index (χ0n) is 7.13. The molecule has 0 heterocycles. The largest absolute Gasteiger partial charge is 4.00 e. The quantitative estimate of drug-likeness (QED) is 0.257. The van der Waals surface area contributed by atoms with Gasteiger partial charge in [0.05, 0.1) is 0 Å². The Hall–Kier alpha value is 0.790. The molecule has 0 amide bonds. The minimum atomic E-state index is 0. The summed E-state index contributed by atoms with van der Waals surface area (Å²) in [6.07, 6.45) is 20.0. The van der Waals surface area contributed by atoms with Crippen LogP contribution in [0.15, 0.2) is 36.5 Å². The number of hydrogen-bond acceptors (Lipinski definition) is 0. The van der Waals surface area contributed by atoms with E-state index < -0.39 is 0 Å². The normalized spacial score (nSPS) is 13.5. The molecular weight excluding hydrogens is 458 g/mol. The van der Waals surface area contributed by atoms with Crippen LogP contribution in [0.3, 0.4) is 0 Å². The van der Waals surface area contributed by atoms with Gasteiger partial charge >= 0.3 is 25.8 Å². The van der Waals surface area contributed by atoms with Crippen molar-refractivity contribution >= 4 is 0 Å². The van der Waals surface area contributed by atoms with Crippen molar-refractivity contribution in [3.05, 3.63) is 48.6 Å². The molecule has 0 aromatic carbocycles. The summed E-state index contributed by atoms with van der Waals surface area (Å²) >= 11 is 0. The molecule has 0 radical (unpaired) electrons. The molecule has 0 atom stereocenters. The second-order valence-electron chi connectivity index (χ2n) is 2.01. The fourth-order valence-corrected chi connectivity index (χ4v) is 0.680. The Morgan fingerprint density at radius 3 is 1.23 bits per heavy atom. The maximum absolute atomic E-state index is 2.99. The summed E-state index contributed by atoms with van der Waals surface area (Å²) < 4.78 is 0. The van der Waals surface area contributed by atoms with Crippen LogP contribution < -0.4 is 34.0 Å². The number of hydrogen-bond donors (Lipinski definition) is 0. The van der Waals surface area contributed by atoms with Gasteiger partial charge in [-0.15, -0.1) is 12.8 Å². The summed E-state index contributed by atoms with van der Waals surface area (Å²) in [5.41, 5.74) is 0. The van der Waals surface area contributed by atoms with Crippen LogP contribution in [0.2, 0.25) is 0 Å². The SMILES string of the molecule is [Br-].[Br-].[C-]1=CC=CC1.[C-]1=CC=CC1.[Hf+4].